The van der Waals surface area contributed by atoms with Gasteiger partial charge < -0.3 is 39.0 Å². The lowest BCUT2D eigenvalue weighted by atomic mass is 9.98. The smallest absolute Gasteiger partial charge is 0.335 e. The van der Waals surface area contributed by atoms with Gasteiger partial charge in [0, 0.05) is 19.3 Å². The second-order valence-electron chi connectivity index (χ2n) is 23.4. The molecule has 0 aromatic heterocycles. The maximum absolute atomic E-state index is 13.2. The highest BCUT2D eigenvalue weighted by Crippen LogP contribution is 2.27. The van der Waals surface area contributed by atoms with Gasteiger partial charge in [-0.2, -0.15) is 0 Å². The summed E-state index contributed by atoms with van der Waals surface area (Å²) in [7, 11) is 0. The fourth-order valence-electron chi connectivity index (χ4n) is 10.3. The Morgan fingerprint density at radius 2 is 0.759 bits per heavy atom. The van der Waals surface area contributed by atoms with Crippen molar-refractivity contribution in [3.8, 4) is 0 Å². The van der Waals surface area contributed by atoms with Gasteiger partial charge in [-0.15, -0.1) is 0 Å². The van der Waals surface area contributed by atoms with Gasteiger partial charge in [-0.05, 0) is 103 Å². The number of hydrogen-bond acceptors (Lipinski definition) is 11. The van der Waals surface area contributed by atoms with Crippen LogP contribution in [0.25, 0.3) is 0 Å². The van der Waals surface area contributed by atoms with E-state index in [2.05, 4.69) is 81.5 Å². The summed E-state index contributed by atoms with van der Waals surface area (Å²) >= 11 is 0. The van der Waals surface area contributed by atoms with Gasteiger partial charge in [0.25, 0.3) is 0 Å². The summed E-state index contributed by atoms with van der Waals surface area (Å²) in [4.78, 5) is 51.4. The molecule has 1 rings (SSSR count). The van der Waals surface area contributed by atoms with E-state index >= 15 is 0 Å². The summed E-state index contributed by atoms with van der Waals surface area (Å²) in [6.07, 6.45) is 61.7. The molecule has 0 aromatic rings. The van der Waals surface area contributed by atoms with E-state index in [0.717, 1.165) is 116 Å². The lowest BCUT2D eigenvalue weighted by Gasteiger charge is -2.40. The largest absolute Gasteiger partial charge is 0.479 e. The Bertz CT molecular complexity index is 1670. The number of carboxylic acid groups (broad SMARTS) is 1. The fourth-order valence-corrected chi connectivity index (χ4v) is 10.3. The van der Waals surface area contributed by atoms with Gasteiger partial charge in [0.2, 0.25) is 0 Å². The molecular formula is C71H124O12. The third kappa shape index (κ3) is 48.3. The topological polar surface area (TPSA) is 175 Å². The molecule has 1 saturated heterocycles. The second-order valence-corrected chi connectivity index (χ2v) is 23.4. The van der Waals surface area contributed by atoms with Crippen LogP contribution in [0.3, 0.4) is 0 Å². The van der Waals surface area contributed by atoms with Crippen LogP contribution in [0.15, 0.2) is 60.8 Å². The predicted octanol–water partition coefficient (Wildman–Crippen LogP) is 18.7. The molecule has 83 heavy (non-hydrogen) atoms. The van der Waals surface area contributed by atoms with Crippen LogP contribution in [0.4, 0.5) is 0 Å². The van der Waals surface area contributed by atoms with Crippen molar-refractivity contribution in [2.24, 2.45) is 0 Å². The van der Waals surface area contributed by atoms with Crippen LogP contribution < -0.4 is 0 Å². The molecule has 12 nitrogen and oxygen atoms in total. The molecule has 0 aliphatic carbocycles. The molecular weight excluding hydrogens is 1040 g/mol. The Morgan fingerprint density at radius 3 is 1.17 bits per heavy atom. The van der Waals surface area contributed by atoms with Crippen molar-refractivity contribution in [3.05, 3.63) is 60.8 Å². The minimum Gasteiger partial charge on any atom is -0.479 e. The number of carboxylic acids is 1. The number of aliphatic hydroxyl groups is 2. The first-order valence-electron chi connectivity index (χ1n) is 34.3. The molecule has 1 heterocycles. The highest BCUT2D eigenvalue weighted by molar-refractivity contribution is 5.74. The second kappa shape index (κ2) is 58.8. The Hall–Kier alpha value is -3.58. The van der Waals surface area contributed by atoms with E-state index in [-0.39, 0.29) is 25.9 Å². The highest BCUT2D eigenvalue weighted by Gasteiger charge is 2.50. The van der Waals surface area contributed by atoms with E-state index in [0.29, 0.717) is 19.3 Å². The minimum atomic E-state index is -1.91. The van der Waals surface area contributed by atoms with Gasteiger partial charge in [0.1, 0.15) is 18.8 Å². The van der Waals surface area contributed by atoms with Crippen LogP contribution in [0.2, 0.25) is 0 Å². The number of carbonyl (C=O) groups is 4. The van der Waals surface area contributed by atoms with Crippen LogP contribution in [0, 0.1) is 0 Å². The number of rotatable bonds is 59. The molecule has 6 unspecified atom stereocenters. The van der Waals surface area contributed by atoms with Crippen molar-refractivity contribution in [1.29, 1.82) is 0 Å². The van der Waals surface area contributed by atoms with Crippen LogP contribution in [0.1, 0.15) is 316 Å². The van der Waals surface area contributed by atoms with Crippen LogP contribution >= 0.6 is 0 Å². The zero-order valence-corrected chi connectivity index (χ0v) is 53.2. The Kier molecular flexibility index (Phi) is 54.8. The molecule has 0 saturated carbocycles. The third-order valence-electron chi connectivity index (χ3n) is 15.5. The first-order valence-corrected chi connectivity index (χ1v) is 34.3. The van der Waals surface area contributed by atoms with E-state index in [1.165, 1.54) is 141 Å². The molecule has 0 bridgehead atoms. The van der Waals surface area contributed by atoms with E-state index < -0.39 is 67.3 Å². The summed E-state index contributed by atoms with van der Waals surface area (Å²) in [5, 5.41) is 31.6. The highest BCUT2D eigenvalue weighted by atomic mass is 16.7. The standard InChI is InChI=1S/C71H124O12/c1-4-7-10-13-16-19-22-25-28-31-32-35-36-39-42-45-48-51-54-57-63(72)79-60-62(81-64(73)58-55-52-49-46-43-40-37-33-29-26-23-20-17-14-11-8-5-2)61-80-71-69(67(76)66(75)68(83-71)70(77)78)82-65(74)59-56-53-50-47-44-41-38-34-30-27-24-21-18-15-12-9-6-3/h8,11,17,20,25-30,62,66-69,71,75-76H,4-7,9-10,12-16,18-19,21-24,31-61H2,1-3H3,(H,77,78)/b11-8-,20-17-,28-25-,29-26-,30-27-. The molecule has 0 aromatic carbocycles. The zero-order valence-electron chi connectivity index (χ0n) is 53.2. The number of aliphatic hydroxyl groups excluding tert-OH is 2. The molecule has 3 N–H and O–H groups in total. The minimum absolute atomic E-state index is 0.0550. The third-order valence-corrected chi connectivity index (χ3v) is 15.5. The van der Waals surface area contributed by atoms with Gasteiger partial charge in [-0.25, -0.2) is 4.79 Å². The predicted molar refractivity (Wildman–Crippen MR) is 340 cm³/mol. The average molecular weight is 1170 g/mol. The van der Waals surface area contributed by atoms with Crippen molar-refractivity contribution in [2.75, 3.05) is 13.2 Å². The quantitative estimate of drug-likeness (QED) is 0.0228. The van der Waals surface area contributed by atoms with Crippen LogP contribution in [-0.2, 0) is 42.9 Å². The van der Waals surface area contributed by atoms with Gasteiger partial charge >= 0.3 is 23.9 Å². The molecule has 1 aliphatic rings. The summed E-state index contributed by atoms with van der Waals surface area (Å²) < 4.78 is 28.6. The monoisotopic (exact) mass is 1170 g/mol. The number of ether oxygens (including phenoxy) is 5. The lowest BCUT2D eigenvalue weighted by molar-refractivity contribution is -0.301. The van der Waals surface area contributed by atoms with Crippen molar-refractivity contribution in [3.63, 3.8) is 0 Å². The summed E-state index contributed by atoms with van der Waals surface area (Å²) in [5.74, 6) is -3.12. The Morgan fingerprint density at radius 1 is 0.410 bits per heavy atom. The number of esters is 3. The van der Waals surface area contributed by atoms with Crippen molar-refractivity contribution in [1.82, 2.24) is 0 Å². The number of aliphatic carboxylic acids is 1. The Labute approximate surface area is 506 Å². The van der Waals surface area contributed by atoms with Gasteiger partial charge in [-0.1, -0.05) is 255 Å². The molecule has 0 radical (unpaired) electrons. The number of allylic oxidation sites excluding steroid dienone is 10. The van der Waals surface area contributed by atoms with Gasteiger partial charge in [0.05, 0.1) is 6.61 Å². The van der Waals surface area contributed by atoms with E-state index in [9.17, 15) is 34.5 Å². The molecule has 0 amide bonds. The molecule has 12 heteroatoms. The van der Waals surface area contributed by atoms with Crippen LogP contribution in [0.5, 0.6) is 0 Å². The van der Waals surface area contributed by atoms with Crippen molar-refractivity contribution >= 4 is 23.9 Å². The first kappa shape index (κ1) is 77.4. The van der Waals surface area contributed by atoms with Crippen molar-refractivity contribution in [2.45, 2.75) is 353 Å². The average Bonchev–Trinajstić information content (AvgIpc) is 3.59. The Balaban J connectivity index is 2.64. The normalized spacial score (nSPS) is 17.9. The SMILES string of the molecule is CC/C=C\C/C=C\C/C=C\CCCCCCCCCC(=O)OC(COC(=O)CCCCCCCCCCC/C=C\CCCCCCCC)COC1OC(C(=O)O)C(O)C(O)C1OC(=O)CCCCCCCCC/C=C\CCCCCCCC. The summed E-state index contributed by atoms with van der Waals surface area (Å²) in [5.41, 5.74) is 0. The molecule has 6 atom stereocenters. The number of hydrogen-bond donors (Lipinski definition) is 3. The molecule has 1 aliphatic heterocycles. The first-order chi connectivity index (χ1) is 40.6. The van der Waals surface area contributed by atoms with E-state index in [1.807, 2.05) is 0 Å². The summed E-state index contributed by atoms with van der Waals surface area (Å²) in [6, 6.07) is 0. The molecule has 1 fully saturated rings. The lowest BCUT2D eigenvalue weighted by Crippen LogP contribution is -2.61. The van der Waals surface area contributed by atoms with Gasteiger partial charge in [-0.3, -0.25) is 14.4 Å². The number of carbonyl (C=O) groups excluding carboxylic acids is 3. The van der Waals surface area contributed by atoms with Crippen LogP contribution in [-0.4, -0.2) is 89.2 Å². The molecule has 0 spiro atoms. The van der Waals surface area contributed by atoms with E-state index in [4.69, 9.17) is 23.7 Å². The van der Waals surface area contributed by atoms with Gasteiger partial charge in [0.15, 0.2) is 24.6 Å². The van der Waals surface area contributed by atoms with Crippen molar-refractivity contribution < 1.29 is 58.2 Å². The summed E-state index contributed by atoms with van der Waals surface area (Å²) in [6.45, 7) is 5.91. The maximum Gasteiger partial charge on any atom is 0.335 e. The zero-order chi connectivity index (χ0) is 60.3. The molecule has 480 valence electrons. The number of unbranched alkanes of at least 4 members (excludes halogenated alkanes) is 35. The maximum atomic E-state index is 13.2. The van der Waals surface area contributed by atoms with E-state index in [1.54, 1.807) is 0 Å². The fraction of sp³-hybridized carbons (Fsp3) is 0.803.